The molecule has 0 fully saturated rings. The van der Waals surface area contributed by atoms with Crippen molar-refractivity contribution < 1.29 is 4.79 Å². The molecule has 1 N–H and O–H groups in total. The molecule has 0 aliphatic rings. The van der Waals surface area contributed by atoms with Crippen LogP contribution in [0.5, 0.6) is 0 Å². The highest BCUT2D eigenvalue weighted by Gasteiger charge is 2.16. The molecule has 0 bridgehead atoms. The second-order valence-electron chi connectivity index (χ2n) is 5.19. The lowest BCUT2D eigenvalue weighted by Gasteiger charge is -2.06. The Morgan fingerprint density at radius 2 is 2.00 bits per heavy atom. The van der Waals surface area contributed by atoms with Crippen LogP contribution in [-0.2, 0) is 6.42 Å². The number of benzene rings is 1. The number of hydrogen-bond donors (Lipinski definition) is 1. The fraction of sp³-hybridized carbons (Fsp3) is 0.188. The number of Topliss-reactive ketones (excluding diaryl/α,β-unsaturated/α-hetero) is 1. The van der Waals surface area contributed by atoms with Crippen molar-refractivity contribution >= 4 is 23.0 Å². The van der Waals surface area contributed by atoms with E-state index in [1.807, 2.05) is 12.1 Å². The molecule has 0 aliphatic heterocycles. The van der Waals surface area contributed by atoms with Gasteiger partial charge in [-0.2, -0.15) is 0 Å². The minimum atomic E-state index is -0.190. The van der Waals surface area contributed by atoms with E-state index in [-0.39, 0.29) is 11.3 Å². The molecule has 5 nitrogen and oxygen atoms in total. The molecule has 112 valence electrons. The summed E-state index contributed by atoms with van der Waals surface area (Å²) in [5.74, 6) is -0.129. The molecular weight excluding hydrogens is 302 g/mol. The smallest absolute Gasteiger partial charge is 0.276 e. The zero-order valence-corrected chi connectivity index (χ0v) is 12.9. The maximum Gasteiger partial charge on any atom is 0.276 e. The minimum Gasteiger partial charge on any atom is -0.296 e. The monoisotopic (exact) mass is 315 g/mol. The SMILES string of the molecule is CC(=O)c1c[nH]n2c(=O)c(Cc3ccc(Cl)cc3)c(C)nc12. The van der Waals surface area contributed by atoms with Gasteiger partial charge >= 0.3 is 0 Å². The first kappa shape index (κ1) is 14.5. The van der Waals surface area contributed by atoms with Gasteiger partial charge in [0.15, 0.2) is 11.4 Å². The molecule has 0 amide bonds. The number of carbonyl (C=O) groups is 1. The highest BCUT2D eigenvalue weighted by molar-refractivity contribution is 6.30. The largest absolute Gasteiger partial charge is 0.296 e. The van der Waals surface area contributed by atoms with Crippen LogP contribution in [0.1, 0.15) is 34.1 Å². The molecule has 0 unspecified atom stereocenters. The molecule has 0 radical (unpaired) electrons. The van der Waals surface area contributed by atoms with Crippen LogP contribution in [0.15, 0.2) is 35.3 Å². The number of nitrogens with zero attached hydrogens (tertiary/aromatic N) is 2. The van der Waals surface area contributed by atoms with Gasteiger partial charge in [-0.3, -0.25) is 14.7 Å². The summed E-state index contributed by atoms with van der Waals surface area (Å²) in [6.45, 7) is 3.23. The average Bonchev–Trinajstić information content (AvgIpc) is 2.89. The third-order valence-corrected chi connectivity index (χ3v) is 3.89. The van der Waals surface area contributed by atoms with Crippen LogP contribution in [0.4, 0.5) is 0 Å². The molecule has 2 aromatic heterocycles. The van der Waals surface area contributed by atoms with Crippen LogP contribution in [0.2, 0.25) is 5.02 Å². The summed E-state index contributed by atoms with van der Waals surface area (Å²) >= 11 is 5.87. The Kier molecular flexibility index (Phi) is 3.58. The second kappa shape index (κ2) is 5.42. The van der Waals surface area contributed by atoms with Gasteiger partial charge < -0.3 is 0 Å². The number of carbonyl (C=O) groups excluding carboxylic acids is 1. The molecule has 0 saturated carbocycles. The van der Waals surface area contributed by atoms with E-state index in [1.54, 1.807) is 19.1 Å². The van der Waals surface area contributed by atoms with Crippen LogP contribution >= 0.6 is 11.6 Å². The predicted molar refractivity (Wildman–Crippen MR) is 84.8 cm³/mol. The number of nitrogens with one attached hydrogen (secondary N) is 1. The average molecular weight is 316 g/mol. The maximum absolute atomic E-state index is 12.6. The fourth-order valence-corrected chi connectivity index (χ4v) is 2.55. The van der Waals surface area contributed by atoms with Crippen LogP contribution in [0, 0.1) is 6.92 Å². The summed E-state index contributed by atoms with van der Waals surface area (Å²) in [6, 6.07) is 7.34. The minimum absolute atomic E-state index is 0.129. The Hall–Kier alpha value is -2.40. The van der Waals surface area contributed by atoms with E-state index in [2.05, 4.69) is 10.1 Å². The van der Waals surface area contributed by atoms with Crippen molar-refractivity contribution in [2.75, 3.05) is 0 Å². The van der Waals surface area contributed by atoms with Gasteiger partial charge in [0.05, 0.1) is 5.56 Å². The Morgan fingerprint density at radius 3 is 2.64 bits per heavy atom. The van der Waals surface area contributed by atoms with E-state index < -0.39 is 0 Å². The van der Waals surface area contributed by atoms with Crippen molar-refractivity contribution in [3.05, 3.63) is 68.2 Å². The first-order chi connectivity index (χ1) is 10.5. The van der Waals surface area contributed by atoms with Crippen molar-refractivity contribution in [3.63, 3.8) is 0 Å². The topological polar surface area (TPSA) is 67.2 Å². The summed E-state index contributed by atoms with van der Waals surface area (Å²) in [5.41, 5.74) is 2.79. The molecule has 1 aromatic carbocycles. The first-order valence-electron chi connectivity index (χ1n) is 6.82. The lowest BCUT2D eigenvalue weighted by Crippen LogP contribution is -2.22. The van der Waals surface area contributed by atoms with E-state index in [9.17, 15) is 9.59 Å². The van der Waals surface area contributed by atoms with Crippen LogP contribution in [-0.4, -0.2) is 20.4 Å². The van der Waals surface area contributed by atoms with Gasteiger partial charge in [-0.15, -0.1) is 0 Å². The van der Waals surface area contributed by atoms with Gasteiger partial charge in [-0.25, -0.2) is 9.50 Å². The van der Waals surface area contributed by atoms with E-state index in [4.69, 9.17) is 11.6 Å². The fourth-order valence-electron chi connectivity index (χ4n) is 2.43. The summed E-state index contributed by atoms with van der Waals surface area (Å²) in [4.78, 5) is 28.6. The maximum atomic E-state index is 12.6. The van der Waals surface area contributed by atoms with Crippen molar-refractivity contribution in [2.24, 2.45) is 0 Å². The number of ketones is 1. The predicted octanol–water partition coefficient (Wildman–Crippen LogP) is 2.78. The van der Waals surface area contributed by atoms with Gasteiger partial charge in [0.1, 0.15) is 0 Å². The molecule has 0 aliphatic carbocycles. The number of aryl methyl sites for hydroxylation is 1. The molecule has 2 heterocycles. The Bertz CT molecular complexity index is 923. The van der Waals surface area contributed by atoms with Crippen molar-refractivity contribution in [3.8, 4) is 0 Å². The first-order valence-corrected chi connectivity index (χ1v) is 7.20. The molecule has 0 spiro atoms. The van der Waals surface area contributed by atoms with Gasteiger partial charge in [0.25, 0.3) is 5.56 Å². The van der Waals surface area contributed by atoms with Gasteiger partial charge in [0.2, 0.25) is 0 Å². The quantitative estimate of drug-likeness (QED) is 0.756. The standard InChI is InChI=1S/C16H14ClN3O2/c1-9-13(7-11-3-5-12(17)6-4-11)16(22)20-15(19-9)14(8-18-20)10(2)21/h3-6,8,18H,7H2,1-2H3. The number of hydrogen-bond acceptors (Lipinski definition) is 3. The van der Waals surface area contributed by atoms with Crippen molar-refractivity contribution in [1.82, 2.24) is 14.6 Å². The zero-order valence-electron chi connectivity index (χ0n) is 12.2. The van der Waals surface area contributed by atoms with E-state index in [0.29, 0.717) is 33.9 Å². The van der Waals surface area contributed by atoms with E-state index in [1.165, 1.54) is 17.6 Å². The number of aromatic amines is 1. The number of halogens is 1. The molecule has 22 heavy (non-hydrogen) atoms. The van der Waals surface area contributed by atoms with Gasteiger partial charge in [-0.05, 0) is 31.5 Å². The van der Waals surface area contributed by atoms with Crippen LogP contribution in [0.25, 0.3) is 5.65 Å². The molecule has 0 saturated heterocycles. The summed E-state index contributed by atoms with van der Waals surface area (Å²) in [5, 5.41) is 3.45. The third kappa shape index (κ3) is 2.44. The zero-order chi connectivity index (χ0) is 15.9. The lowest BCUT2D eigenvalue weighted by atomic mass is 10.1. The van der Waals surface area contributed by atoms with E-state index in [0.717, 1.165) is 5.56 Å². The second-order valence-corrected chi connectivity index (χ2v) is 5.62. The van der Waals surface area contributed by atoms with E-state index >= 15 is 0 Å². The Balaban J connectivity index is 2.13. The number of rotatable bonds is 3. The third-order valence-electron chi connectivity index (χ3n) is 3.64. The normalized spacial score (nSPS) is 11.0. The molecule has 6 heteroatoms. The number of aromatic nitrogens is 3. The summed E-state index contributed by atoms with van der Waals surface area (Å²) in [7, 11) is 0. The highest BCUT2D eigenvalue weighted by atomic mass is 35.5. The molecule has 0 atom stereocenters. The number of H-pyrrole nitrogens is 1. The van der Waals surface area contributed by atoms with Crippen molar-refractivity contribution in [1.29, 1.82) is 0 Å². The summed E-state index contributed by atoms with van der Waals surface area (Å²) < 4.78 is 1.31. The Labute approximate surface area is 131 Å². The molecule has 3 aromatic rings. The summed E-state index contributed by atoms with van der Waals surface area (Å²) in [6.07, 6.45) is 1.98. The Morgan fingerprint density at radius 1 is 1.32 bits per heavy atom. The number of fused-ring (bicyclic) bond motifs is 1. The van der Waals surface area contributed by atoms with Crippen molar-refractivity contribution in [2.45, 2.75) is 20.3 Å². The molecule has 3 rings (SSSR count). The van der Waals surface area contributed by atoms with Crippen LogP contribution < -0.4 is 5.56 Å². The van der Waals surface area contributed by atoms with Gasteiger partial charge in [0, 0.05) is 28.9 Å². The van der Waals surface area contributed by atoms with Crippen LogP contribution in [0.3, 0.4) is 0 Å². The van der Waals surface area contributed by atoms with Gasteiger partial charge in [-0.1, -0.05) is 23.7 Å². The highest BCUT2D eigenvalue weighted by Crippen LogP contribution is 2.15. The molecular formula is C16H14ClN3O2. The lowest BCUT2D eigenvalue weighted by molar-refractivity contribution is 0.101.